The molecular weight excluding hydrogens is 522 g/mol. The van der Waals surface area contributed by atoms with E-state index < -0.39 is 5.91 Å². The van der Waals surface area contributed by atoms with Gasteiger partial charge in [0, 0.05) is 28.3 Å². The number of anilines is 1. The fourth-order valence-electron chi connectivity index (χ4n) is 3.66. The fraction of sp³-hybridized carbons (Fsp3) is 0.333. The number of hydrogen-bond acceptors (Lipinski definition) is 4. The molecule has 154 valence electrons. The first kappa shape index (κ1) is 22.1. The number of fused-ring (bicyclic) bond motifs is 1. The maximum atomic E-state index is 12.4. The van der Waals surface area contributed by atoms with Crippen molar-refractivity contribution in [2.24, 2.45) is 5.10 Å². The van der Waals surface area contributed by atoms with E-state index >= 15 is 0 Å². The van der Waals surface area contributed by atoms with E-state index in [2.05, 4.69) is 75.1 Å². The van der Waals surface area contributed by atoms with Gasteiger partial charge in [-0.15, -0.1) is 0 Å². The summed E-state index contributed by atoms with van der Waals surface area (Å²) >= 11 is 13.0. The standard InChI is InChI=1S/C21H22Br2ClN3O2/c1-11-9-21(2,3)27(4)18-8-17(24)12(5-14(11)18)10-25-26-20(29)15-6-13(22)7-16(23)19(15)28/h5-8,10-11,28H,9H2,1-4H3,(H,26,29)/b25-10-/t11-/m0/s1. The Balaban J connectivity index is 1.84. The molecule has 3 rings (SSSR count). The third-order valence-electron chi connectivity index (χ3n) is 5.39. The zero-order valence-corrected chi connectivity index (χ0v) is 20.5. The zero-order chi connectivity index (χ0) is 21.5. The Morgan fingerprint density at radius 1 is 1.34 bits per heavy atom. The van der Waals surface area contributed by atoms with E-state index in [1.807, 2.05) is 12.1 Å². The number of hydrogen-bond donors (Lipinski definition) is 2. The summed E-state index contributed by atoms with van der Waals surface area (Å²) in [5.74, 6) is -0.289. The summed E-state index contributed by atoms with van der Waals surface area (Å²) in [6, 6.07) is 7.16. The molecule has 1 atom stereocenters. The van der Waals surface area contributed by atoms with E-state index in [0.717, 1.165) is 17.7 Å². The summed E-state index contributed by atoms with van der Waals surface area (Å²) in [7, 11) is 2.08. The highest BCUT2D eigenvalue weighted by Gasteiger charge is 2.34. The molecule has 5 nitrogen and oxygen atoms in total. The molecule has 1 aliphatic heterocycles. The van der Waals surface area contributed by atoms with Crippen molar-refractivity contribution < 1.29 is 9.90 Å². The molecule has 2 N–H and O–H groups in total. The molecule has 0 spiro atoms. The Hall–Kier alpha value is -1.57. The lowest BCUT2D eigenvalue weighted by Gasteiger charge is -2.45. The van der Waals surface area contributed by atoms with E-state index in [1.165, 1.54) is 17.8 Å². The minimum Gasteiger partial charge on any atom is -0.506 e. The molecule has 0 aliphatic carbocycles. The number of hydrazone groups is 1. The highest BCUT2D eigenvalue weighted by atomic mass is 79.9. The second-order valence-corrected chi connectivity index (χ2v) is 10.1. The summed E-state index contributed by atoms with van der Waals surface area (Å²) in [4.78, 5) is 14.6. The van der Waals surface area contributed by atoms with Crippen LogP contribution in [0.25, 0.3) is 0 Å². The largest absolute Gasteiger partial charge is 0.506 e. The highest BCUT2D eigenvalue weighted by molar-refractivity contribution is 9.11. The first-order valence-corrected chi connectivity index (χ1v) is 11.1. The van der Waals surface area contributed by atoms with Gasteiger partial charge in [-0.25, -0.2) is 5.43 Å². The SMILES string of the molecule is C[C@H]1CC(C)(C)N(C)c2cc(Cl)c(/C=N\NC(=O)c3cc(Br)cc(Br)c3O)cc21. The molecule has 0 fully saturated rings. The molecule has 29 heavy (non-hydrogen) atoms. The van der Waals surface area contributed by atoms with Gasteiger partial charge in [0.15, 0.2) is 0 Å². The lowest BCUT2D eigenvalue weighted by molar-refractivity contribution is 0.0952. The molecular formula is C21H22Br2ClN3O2. The summed E-state index contributed by atoms with van der Waals surface area (Å²) < 4.78 is 1.08. The molecule has 1 aliphatic rings. The van der Waals surface area contributed by atoms with Gasteiger partial charge in [-0.3, -0.25) is 4.79 Å². The molecule has 1 heterocycles. The number of amides is 1. The van der Waals surface area contributed by atoms with Gasteiger partial charge in [0.25, 0.3) is 5.91 Å². The Bertz CT molecular complexity index is 1010. The first-order valence-electron chi connectivity index (χ1n) is 9.10. The zero-order valence-electron chi connectivity index (χ0n) is 16.6. The molecule has 0 radical (unpaired) electrons. The van der Waals surface area contributed by atoms with Crippen LogP contribution in [0.4, 0.5) is 5.69 Å². The predicted molar refractivity (Wildman–Crippen MR) is 126 cm³/mol. The summed E-state index contributed by atoms with van der Waals surface area (Å²) in [5, 5.41) is 14.7. The smallest absolute Gasteiger partial charge is 0.275 e. The average Bonchev–Trinajstić information content (AvgIpc) is 2.63. The third-order valence-corrected chi connectivity index (χ3v) is 6.78. The highest BCUT2D eigenvalue weighted by Crippen LogP contribution is 2.44. The number of aromatic hydroxyl groups is 1. The topological polar surface area (TPSA) is 64.9 Å². The van der Waals surface area contributed by atoms with Crippen molar-refractivity contribution in [2.75, 3.05) is 11.9 Å². The lowest BCUT2D eigenvalue weighted by atomic mass is 9.80. The second kappa shape index (κ2) is 8.28. The maximum Gasteiger partial charge on any atom is 0.275 e. The normalized spacial score (nSPS) is 18.0. The van der Waals surface area contributed by atoms with Crippen molar-refractivity contribution in [2.45, 2.75) is 38.6 Å². The van der Waals surface area contributed by atoms with Crippen LogP contribution in [0.1, 0.15) is 54.6 Å². The maximum absolute atomic E-state index is 12.4. The van der Waals surface area contributed by atoms with Gasteiger partial charge in [-0.1, -0.05) is 34.5 Å². The van der Waals surface area contributed by atoms with Gasteiger partial charge in [-0.2, -0.15) is 5.10 Å². The first-order chi connectivity index (χ1) is 13.5. The molecule has 0 aromatic heterocycles. The monoisotopic (exact) mass is 541 g/mol. The van der Waals surface area contributed by atoms with E-state index in [9.17, 15) is 9.90 Å². The molecule has 1 amide bonds. The lowest BCUT2D eigenvalue weighted by Crippen LogP contribution is -2.45. The molecule has 0 bridgehead atoms. The molecule has 2 aromatic rings. The Labute approximate surface area is 192 Å². The van der Waals surface area contributed by atoms with Gasteiger partial charge in [0.1, 0.15) is 5.75 Å². The Kier molecular flexibility index (Phi) is 6.32. The van der Waals surface area contributed by atoms with Crippen LogP contribution in [-0.2, 0) is 0 Å². The van der Waals surface area contributed by atoms with E-state index in [-0.39, 0.29) is 16.9 Å². The second-order valence-electron chi connectivity index (χ2n) is 7.89. The number of phenols is 1. The number of carbonyl (C=O) groups excluding carboxylic acids is 1. The average molecular weight is 544 g/mol. The van der Waals surface area contributed by atoms with Gasteiger partial charge < -0.3 is 10.0 Å². The number of halogens is 3. The number of carbonyl (C=O) groups is 1. The van der Waals surface area contributed by atoms with Crippen LogP contribution >= 0.6 is 43.5 Å². The molecule has 0 unspecified atom stereocenters. The van der Waals surface area contributed by atoms with Gasteiger partial charge in [0.05, 0.1) is 21.3 Å². The number of benzene rings is 2. The van der Waals surface area contributed by atoms with Crippen LogP contribution in [0, 0.1) is 0 Å². The summed E-state index contributed by atoms with van der Waals surface area (Å²) in [6.45, 7) is 6.65. The third kappa shape index (κ3) is 4.47. The van der Waals surface area contributed by atoms with Crippen LogP contribution in [0.2, 0.25) is 5.02 Å². The van der Waals surface area contributed by atoms with Crippen molar-refractivity contribution in [1.82, 2.24) is 5.43 Å². The number of nitrogens with zero attached hydrogens (tertiary/aromatic N) is 2. The van der Waals surface area contributed by atoms with Crippen molar-refractivity contribution in [1.29, 1.82) is 0 Å². The van der Waals surface area contributed by atoms with Crippen molar-refractivity contribution >= 4 is 61.3 Å². The van der Waals surface area contributed by atoms with Crippen LogP contribution in [0.5, 0.6) is 5.75 Å². The van der Waals surface area contributed by atoms with Crippen LogP contribution in [0.15, 0.2) is 38.3 Å². The predicted octanol–water partition coefficient (Wildman–Crippen LogP) is 6.06. The summed E-state index contributed by atoms with van der Waals surface area (Å²) in [5.41, 5.74) is 5.65. The van der Waals surface area contributed by atoms with Crippen LogP contribution in [0.3, 0.4) is 0 Å². The van der Waals surface area contributed by atoms with E-state index in [4.69, 9.17) is 11.6 Å². The fourth-order valence-corrected chi connectivity index (χ4v) is 5.10. The number of rotatable bonds is 3. The Morgan fingerprint density at radius 3 is 2.72 bits per heavy atom. The Morgan fingerprint density at radius 2 is 2.03 bits per heavy atom. The minimum atomic E-state index is -0.523. The van der Waals surface area contributed by atoms with Crippen LogP contribution in [-0.4, -0.2) is 29.8 Å². The van der Waals surface area contributed by atoms with Crippen molar-refractivity contribution in [3.63, 3.8) is 0 Å². The molecule has 2 aromatic carbocycles. The van der Waals surface area contributed by atoms with Crippen molar-refractivity contribution in [3.8, 4) is 5.75 Å². The van der Waals surface area contributed by atoms with E-state index in [1.54, 1.807) is 6.07 Å². The number of phenolic OH excluding ortho intramolecular Hbond substituents is 1. The summed E-state index contributed by atoms with van der Waals surface area (Å²) in [6.07, 6.45) is 2.56. The van der Waals surface area contributed by atoms with Crippen LogP contribution < -0.4 is 10.3 Å². The number of nitrogens with one attached hydrogen (secondary N) is 1. The molecule has 8 heteroatoms. The molecule has 0 saturated heterocycles. The molecule has 0 saturated carbocycles. The van der Waals surface area contributed by atoms with Crippen molar-refractivity contribution in [3.05, 3.63) is 54.9 Å². The minimum absolute atomic E-state index is 0.0551. The van der Waals surface area contributed by atoms with E-state index in [0.29, 0.717) is 19.9 Å². The van der Waals surface area contributed by atoms with Gasteiger partial charge in [-0.05, 0) is 71.9 Å². The van der Waals surface area contributed by atoms with Gasteiger partial charge >= 0.3 is 0 Å². The van der Waals surface area contributed by atoms with Gasteiger partial charge in [0.2, 0.25) is 0 Å². The quantitative estimate of drug-likeness (QED) is 0.366.